The van der Waals surface area contributed by atoms with Gasteiger partial charge in [0.25, 0.3) is 6.08 Å². The van der Waals surface area contributed by atoms with Crippen molar-refractivity contribution in [2.45, 2.75) is 6.92 Å². The maximum absolute atomic E-state index is 11.7. The van der Waals surface area contributed by atoms with Crippen LogP contribution in [0.15, 0.2) is 24.1 Å². The summed E-state index contributed by atoms with van der Waals surface area (Å²) in [6, 6.07) is 0. The number of halogens is 3. The first-order chi connectivity index (χ1) is 3.66. The van der Waals surface area contributed by atoms with E-state index in [-0.39, 0.29) is 6.08 Å². The van der Waals surface area contributed by atoms with Gasteiger partial charge in [-0.15, -0.1) is 0 Å². The van der Waals surface area contributed by atoms with Gasteiger partial charge in [0.1, 0.15) is 5.83 Å². The van der Waals surface area contributed by atoms with E-state index in [2.05, 4.69) is 0 Å². The first-order valence-electron chi connectivity index (χ1n) is 2.01. The molecule has 0 spiro atoms. The highest BCUT2D eigenvalue weighted by Crippen LogP contribution is 2.04. The number of allylic oxidation sites excluding steroid dienone is 3. The Morgan fingerprint density at radius 3 is 1.88 bits per heavy atom. The van der Waals surface area contributed by atoms with Gasteiger partial charge >= 0.3 is 0 Å². The Kier molecular flexibility index (Phi) is 2.99. The minimum atomic E-state index is -2.01. The molecule has 0 bridgehead atoms. The van der Waals surface area contributed by atoms with Crippen LogP contribution in [0.25, 0.3) is 0 Å². The predicted octanol–water partition coefficient (Wildman–Crippen LogP) is 2.64. The first-order valence-corrected chi connectivity index (χ1v) is 2.01. The second-order valence-electron chi connectivity index (χ2n) is 1.11. The Bertz CT molecular complexity index is 120. The highest BCUT2D eigenvalue weighted by atomic mass is 19.3. The zero-order chi connectivity index (χ0) is 6.57. The fraction of sp³-hybridized carbons (Fsp3) is 0.200. The minimum absolute atomic E-state index is 0.167. The van der Waals surface area contributed by atoms with Crippen molar-refractivity contribution in [1.82, 2.24) is 0 Å². The van der Waals surface area contributed by atoms with E-state index in [9.17, 15) is 13.2 Å². The Morgan fingerprint density at radius 1 is 1.25 bits per heavy atom. The Morgan fingerprint density at radius 2 is 1.75 bits per heavy atom. The minimum Gasteiger partial charge on any atom is -0.207 e. The zero-order valence-corrected chi connectivity index (χ0v) is 4.29. The van der Waals surface area contributed by atoms with Gasteiger partial charge in [0.2, 0.25) is 0 Å². The van der Waals surface area contributed by atoms with E-state index in [0.29, 0.717) is 0 Å². The first kappa shape index (κ1) is 7.27. The molecule has 0 heterocycles. The number of rotatable bonds is 1. The highest BCUT2D eigenvalue weighted by molar-refractivity contribution is 5.09. The summed E-state index contributed by atoms with van der Waals surface area (Å²) in [5.41, 5.74) is 0. The van der Waals surface area contributed by atoms with Crippen molar-refractivity contribution < 1.29 is 13.2 Å². The van der Waals surface area contributed by atoms with Gasteiger partial charge in [-0.25, -0.2) is 4.39 Å². The summed E-state index contributed by atoms with van der Waals surface area (Å²) in [6.45, 7) is 1.34. The Labute approximate surface area is 45.3 Å². The molecule has 0 aromatic rings. The van der Waals surface area contributed by atoms with Crippen LogP contribution < -0.4 is 0 Å². The van der Waals surface area contributed by atoms with Gasteiger partial charge in [0.15, 0.2) is 0 Å². The van der Waals surface area contributed by atoms with E-state index in [1.165, 1.54) is 6.92 Å². The summed E-state index contributed by atoms with van der Waals surface area (Å²) < 4.78 is 33.8. The van der Waals surface area contributed by atoms with Gasteiger partial charge in [-0.2, -0.15) is 8.78 Å². The maximum Gasteiger partial charge on any atom is 0.273 e. The van der Waals surface area contributed by atoms with Gasteiger partial charge in [0.05, 0.1) is 0 Å². The molecule has 0 aliphatic heterocycles. The van der Waals surface area contributed by atoms with E-state index in [0.717, 1.165) is 6.08 Å². The van der Waals surface area contributed by atoms with Crippen molar-refractivity contribution in [1.29, 1.82) is 0 Å². The fourth-order valence-corrected chi connectivity index (χ4v) is 0.188. The normalized spacial score (nSPS) is 11.2. The van der Waals surface area contributed by atoms with Crippen molar-refractivity contribution in [2.24, 2.45) is 0 Å². The van der Waals surface area contributed by atoms with Crippen LogP contribution in [-0.2, 0) is 0 Å². The summed E-state index contributed by atoms with van der Waals surface area (Å²) in [5, 5.41) is 0. The van der Waals surface area contributed by atoms with Crippen LogP contribution in [0.3, 0.4) is 0 Å². The van der Waals surface area contributed by atoms with Gasteiger partial charge in [0, 0.05) is 6.08 Å². The van der Waals surface area contributed by atoms with Crippen molar-refractivity contribution in [2.75, 3.05) is 0 Å². The van der Waals surface area contributed by atoms with Crippen LogP contribution in [-0.4, -0.2) is 0 Å². The third-order valence-electron chi connectivity index (χ3n) is 0.523. The molecule has 0 unspecified atom stereocenters. The molecule has 0 nitrogen and oxygen atoms in total. The second kappa shape index (κ2) is 3.29. The third kappa shape index (κ3) is 3.46. The van der Waals surface area contributed by atoms with Gasteiger partial charge in [-0.05, 0) is 6.92 Å². The predicted molar refractivity (Wildman–Crippen MR) is 25.2 cm³/mol. The van der Waals surface area contributed by atoms with Crippen LogP contribution in [0, 0.1) is 0 Å². The average molecular weight is 122 g/mol. The summed E-state index contributed by atoms with van der Waals surface area (Å²) in [6.07, 6.45) is -0.889. The zero-order valence-electron chi connectivity index (χ0n) is 4.29. The van der Waals surface area contributed by atoms with Crippen LogP contribution in [0.4, 0.5) is 13.2 Å². The summed E-state index contributed by atoms with van der Waals surface area (Å²) in [4.78, 5) is 0. The largest absolute Gasteiger partial charge is 0.273 e. The van der Waals surface area contributed by atoms with E-state index in [4.69, 9.17) is 0 Å². The molecule has 46 valence electrons. The molecule has 0 aliphatic carbocycles. The molecule has 0 amide bonds. The lowest BCUT2D eigenvalue weighted by molar-refractivity contribution is 0.417. The highest BCUT2D eigenvalue weighted by Gasteiger charge is 1.89. The maximum atomic E-state index is 11.7. The SMILES string of the molecule is CC=C(F)C=C(F)F. The quantitative estimate of drug-likeness (QED) is 0.469. The third-order valence-corrected chi connectivity index (χ3v) is 0.523. The molecule has 0 fully saturated rings. The van der Waals surface area contributed by atoms with E-state index >= 15 is 0 Å². The topological polar surface area (TPSA) is 0 Å². The lowest BCUT2D eigenvalue weighted by Gasteiger charge is -1.78. The molecule has 0 aromatic heterocycles. The Hall–Kier alpha value is -0.730. The molecule has 0 atom stereocenters. The summed E-state index contributed by atoms with van der Waals surface area (Å²) in [5.74, 6) is -0.912. The van der Waals surface area contributed by atoms with Crippen LogP contribution >= 0.6 is 0 Å². The van der Waals surface area contributed by atoms with E-state index in [1.807, 2.05) is 0 Å². The molecule has 0 N–H and O–H groups in total. The molecule has 0 aromatic carbocycles. The molecular weight excluding hydrogens is 117 g/mol. The van der Waals surface area contributed by atoms with Gasteiger partial charge in [-0.3, -0.25) is 0 Å². The standard InChI is InChI=1S/C5H5F3/c1-2-4(6)3-5(7)8/h2-3H,1H3. The molecular formula is C5H5F3. The fourth-order valence-electron chi connectivity index (χ4n) is 0.188. The van der Waals surface area contributed by atoms with E-state index < -0.39 is 11.9 Å². The second-order valence-corrected chi connectivity index (χ2v) is 1.11. The summed E-state index contributed by atoms with van der Waals surface area (Å²) in [7, 11) is 0. The number of hydrogen-bond acceptors (Lipinski definition) is 0. The van der Waals surface area contributed by atoms with Crippen molar-refractivity contribution in [3.05, 3.63) is 24.1 Å². The smallest absolute Gasteiger partial charge is 0.207 e. The van der Waals surface area contributed by atoms with Crippen molar-refractivity contribution in [3.63, 3.8) is 0 Å². The Balaban J connectivity index is 3.89. The van der Waals surface area contributed by atoms with Crippen LogP contribution in [0.2, 0.25) is 0 Å². The monoisotopic (exact) mass is 122 g/mol. The molecule has 0 radical (unpaired) electrons. The number of hydrogen-bond donors (Lipinski definition) is 0. The molecule has 0 rings (SSSR count). The van der Waals surface area contributed by atoms with E-state index in [1.54, 1.807) is 0 Å². The van der Waals surface area contributed by atoms with Gasteiger partial charge < -0.3 is 0 Å². The molecule has 8 heavy (non-hydrogen) atoms. The van der Waals surface area contributed by atoms with Gasteiger partial charge in [-0.1, -0.05) is 6.08 Å². The molecule has 0 aliphatic rings. The molecule has 0 saturated heterocycles. The van der Waals surface area contributed by atoms with Crippen molar-refractivity contribution in [3.8, 4) is 0 Å². The molecule has 0 saturated carbocycles. The lowest BCUT2D eigenvalue weighted by Crippen LogP contribution is -1.62. The summed E-state index contributed by atoms with van der Waals surface area (Å²) >= 11 is 0. The average Bonchev–Trinajstić information content (AvgIpc) is 1.65. The van der Waals surface area contributed by atoms with Crippen molar-refractivity contribution >= 4 is 0 Å². The lowest BCUT2D eigenvalue weighted by atomic mass is 10.5. The van der Waals surface area contributed by atoms with Crippen LogP contribution in [0.1, 0.15) is 6.92 Å². The molecule has 3 heteroatoms. The van der Waals surface area contributed by atoms with Crippen LogP contribution in [0.5, 0.6) is 0 Å².